The number of hydrogen-bond donors (Lipinski definition) is 2. The summed E-state index contributed by atoms with van der Waals surface area (Å²) >= 11 is 0. The molecule has 0 spiro atoms. The van der Waals surface area contributed by atoms with Crippen LogP contribution in [0.5, 0.6) is 11.5 Å². The topological polar surface area (TPSA) is 68.8 Å². The molecule has 0 heterocycles. The zero-order valence-electron chi connectivity index (χ0n) is 13.3. The average molecular weight is 296 g/mol. The molecule has 0 aliphatic heterocycles. The van der Waals surface area contributed by atoms with Gasteiger partial charge in [-0.15, -0.1) is 0 Å². The minimum absolute atomic E-state index is 0.532. The summed E-state index contributed by atoms with van der Waals surface area (Å²) in [5.41, 5.74) is 5.24. The summed E-state index contributed by atoms with van der Waals surface area (Å²) in [5, 5.41) is 0. The van der Waals surface area contributed by atoms with Crippen molar-refractivity contribution in [2.75, 3.05) is 20.8 Å². The maximum atomic E-state index is 11.8. The van der Waals surface area contributed by atoms with E-state index in [4.69, 9.17) is 14.2 Å². The highest BCUT2D eigenvalue weighted by atomic mass is 16.6. The van der Waals surface area contributed by atoms with E-state index in [0.717, 1.165) is 12.0 Å². The fourth-order valence-electron chi connectivity index (χ4n) is 1.73. The van der Waals surface area contributed by atoms with E-state index < -0.39 is 11.7 Å². The number of benzene rings is 1. The van der Waals surface area contributed by atoms with Crippen LogP contribution in [0.4, 0.5) is 4.79 Å². The summed E-state index contributed by atoms with van der Waals surface area (Å²) < 4.78 is 15.9. The van der Waals surface area contributed by atoms with Crippen molar-refractivity contribution in [3.63, 3.8) is 0 Å². The molecule has 1 amide bonds. The van der Waals surface area contributed by atoms with Gasteiger partial charge in [-0.05, 0) is 32.4 Å². The lowest BCUT2D eigenvalue weighted by molar-refractivity contribution is 0.0335. The largest absolute Gasteiger partial charge is 0.497 e. The third-order valence-electron chi connectivity index (χ3n) is 2.96. The van der Waals surface area contributed by atoms with Gasteiger partial charge in [0.25, 0.3) is 0 Å². The molecule has 0 atom stereocenters. The number of hydrogen-bond acceptors (Lipinski definition) is 5. The molecule has 21 heavy (non-hydrogen) atoms. The van der Waals surface area contributed by atoms with Crippen molar-refractivity contribution < 1.29 is 19.0 Å². The summed E-state index contributed by atoms with van der Waals surface area (Å²) in [4.78, 5) is 11.8. The fraction of sp³-hybridized carbons (Fsp3) is 0.533. The van der Waals surface area contributed by atoms with Crippen molar-refractivity contribution in [2.24, 2.45) is 0 Å². The van der Waals surface area contributed by atoms with Crippen LogP contribution in [0.15, 0.2) is 18.2 Å². The first kappa shape index (κ1) is 17.1. The van der Waals surface area contributed by atoms with E-state index in [2.05, 4.69) is 10.9 Å². The van der Waals surface area contributed by atoms with Gasteiger partial charge in [0, 0.05) is 18.2 Å². The minimum atomic E-state index is -0.820. The SMILES string of the molecule is CCCNNC(=O)OC(C)(C)c1cc(OC)cc(OC)c1. The van der Waals surface area contributed by atoms with Crippen LogP contribution in [-0.2, 0) is 10.3 Å². The highest BCUT2D eigenvalue weighted by Gasteiger charge is 2.26. The Morgan fingerprint density at radius 2 is 1.71 bits per heavy atom. The Labute approximate surface area is 125 Å². The Kier molecular flexibility index (Phi) is 6.30. The van der Waals surface area contributed by atoms with Crippen LogP contribution in [0.1, 0.15) is 32.8 Å². The van der Waals surface area contributed by atoms with E-state index in [0.29, 0.717) is 18.0 Å². The standard InChI is InChI=1S/C15H24N2O4/c1-6-7-16-17-14(18)21-15(2,3)11-8-12(19-4)10-13(9-11)20-5/h8-10,16H,6-7H2,1-5H3,(H,17,18). The Balaban J connectivity index is 2.83. The van der Waals surface area contributed by atoms with Crippen LogP contribution >= 0.6 is 0 Å². The molecular formula is C15H24N2O4. The zero-order valence-corrected chi connectivity index (χ0v) is 13.3. The van der Waals surface area contributed by atoms with E-state index in [-0.39, 0.29) is 0 Å². The zero-order chi connectivity index (χ0) is 15.9. The highest BCUT2D eigenvalue weighted by Crippen LogP contribution is 2.32. The molecule has 1 rings (SSSR count). The van der Waals surface area contributed by atoms with Gasteiger partial charge >= 0.3 is 6.09 Å². The Hall–Kier alpha value is -1.95. The number of carbonyl (C=O) groups is 1. The Morgan fingerprint density at radius 3 is 2.19 bits per heavy atom. The second-order valence-electron chi connectivity index (χ2n) is 5.05. The highest BCUT2D eigenvalue weighted by molar-refractivity contribution is 5.67. The lowest BCUT2D eigenvalue weighted by atomic mass is 9.97. The van der Waals surface area contributed by atoms with Crippen molar-refractivity contribution in [2.45, 2.75) is 32.8 Å². The van der Waals surface area contributed by atoms with Crippen LogP contribution in [0.25, 0.3) is 0 Å². The maximum absolute atomic E-state index is 11.8. The van der Waals surface area contributed by atoms with Crippen LogP contribution in [0.3, 0.4) is 0 Å². The van der Waals surface area contributed by atoms with Gasteiger partial charge in [0.15, 0.2) is 0 Å². The molecule has 6 heteroatoms. The van der Waals surface area contributed by atoms with E-state index in [1.54, 1.807) is 34.1 Å². The summed E-state index contributed by atoms with van der Waals surface area (Å²) in [6.45, 7) is 6.30. The van der Waals surface area contributed by atoms with E-state index in [1.807, 2.05) is 19.1 Å². The van der Waals surface area contributed by atoms with Crippen LogP contribution < -0.4 is 20.3 Å². The van der Waals surface area contributed by atoms with Crippen LogP contribution in [-0.4, -0.2) is 26.9 Å². The summed E-state index contributed by atoms with van der Waals surface area (Å²) in [7, 11) is 3.15. The number of nitrogens with one attached hydrogen (secondary N) is 2. The first-order chi connectivity index (χ1) is 9.92. The fourth-order valence-corrected chi connectivity index (χ4v) is 1.73. The molecule has 118 valence electrons. The molecule has 0 bridgehead atoms. The predicted molar refractivity (Wildman–Crippen MR) is 80.5 cm³/mol. The van der Waals surface area contributed by atoms with E-state index in [9.17, 15) is 4.79 Å². The Bertz CT molecular complexity index is 452. The Morgan fingerprint density at radius 1 is 1.14 bits per heavy atom. The molecule has 0 radical (unpaired) electrons. The lowest BCUT2D eigenvalue weighted by Crippen LogP contribution is -2.41. The predicted octanol–water partition coefficient (Wildman–Crippen LogP) is 2.58. The molecule has 0 aromatic heterocycles. The summed E-state index contributed by atoms with van der Waals surface area (Å²) in [6, 6.07) is 5.40. The third-order valence-corrected chi connectivity index (χ3v) is 2.96. The molecule has 1 aromatic carbocycles. The van der Waals surface area contributed by atoms with Gasteiger partial charge in [-0.1, -0.05) is 6.92 Å². The molecule has 0 aliphatic carbocycles. The number of methoxy groups -OCH3 is 2. The van der Waals surface area contributed by atoms with E-state index in [1.165, 1.54) is 0 Å². The third kappa shape index (κ3) is 5.15. The smallest absolute Gasteiger partial charge is 0.422 e. The van der Waals surface area contributed by atoms with E-state index >= 15 is 0 Å². The number of carbonyl (C=O) groups excluding carboxylic acids is 1. The van der Waals surface area contributed by atoms with Crippen LogP contribution in [0.2, 0.25) is 0 Å². The van der Waals surface area contributed by atoms with Gasteiger partial charge in [-0.2, -0.15) is 0 Å². The number of rotatable bonds is 7. The van der Waals surface area contributed by atoms with Gasteiger partial charge < -0.3 is 14.2 Å². The molecule has 0 aliphatic rings. The molecule has 2 N–H and O–H groups in total. The first-order valence-corrected chi connectivity index (χ1v) is 6.88. The van der Waals surface area contributed by atoms with Gasteiger partial charge in [-0.3, -0.25) is 5.43 Å². The average Bonchev–Trinajstić information content (AvgIpc) is 2.46. The monoisotopic (exact) mass is 296 g/mol. The summed E-state index contributed by atoms with van der Waals surface area (Å²) in [5.74, 6) is 1.29. The van der Waals surface area contributed by atoms with Gasteiger partial charge in [0.1, 0.15) is 17.1 Å². The molecule has 0 unspecified atom stereocenters. The molecular weight excluding hydrogens is 272 g/mol. The second kappa shape index (κ2) is 7.73. The first-order valence-electron chi connectivity index (χ1n) is 6.88. The minimum Gasteiger partial charge on any atom is -0.497 e. The summed E-state index contributed by atoms with van der Waals surface area (Å²) in [6.07, 6.45) is 0.381. The van der Waals surface area contributed by atoms with Crippen molar-refractivity contribution in [1.82, 2.24) is 10.9 Å². The number of hydrazine groups is 1. The second-order valence-corrected chi connectivity index (χ2v) is 5.05. The molecule has 0 saturated heterocycles. The molecule has 0 saturated carbocycles. The van der Waals surface area contributed by atoms with Crippen molar-refractivity contribution in [3.05, 3.63) is 23.8 Å². The van der Waals surface area contributed by atoms with Crippen molar-refractivity contribution >= 4 is 6.09 Å². The van der Waals surface area contributed by atoms with Gasteiger partial charge in [0.2, 0.25) is 0 Å². The molecule has 6 nitrogen and oxygen atoms in total. The van der Waals surface area contributed by atoms with Gasteiger partial charge in [0.05, 0.1) is 14.2 Å². The van der Waals surface area contributed by atoms with Crippen molar-refractivity contribution in [1.29, 1.82) is 0 Å². The lowest BCUT2D eigenvalue weighted by Gasteiger charge is -2.26. The number of amides is 1. The van der Waals surface area contributed by atoms with Crippen LogP contribution in [0, 0.1) is 0 Å². The maximum Gasteiger partial charge on any atom is 0.422 e. The normalized spacial score (nSPS) is 10.9. The molecule has 0 fully saturated rings. The quantitative estimate of drug-likeness (QED) is 0.598. The molecule has 1 aromatic rings. The van der Waals surface area contributed by atoms with Crippen molar-refractivity contribution in [3.8, 4) is 11.5 Å². The van der Waals surface area contributed by atoms with Gasteiger partial charge in [-0.25, -0.2) is 10.2 Å². The number of ether oxygens (including phenoxy) is 3.